The number of amides is 1. The molecule has 160 valence electrons. The van der Waals surface area contributed by atoms with Crippen molar-refractivity contribution < 1.29 is 18.7 Å². The number of carbonyl (C=O) groups is 1. The number of benzene rings is 1. The van der Waals surface area contributed by atoms with E-state index in [0.29, 0.717) is 31.0 Å². The van der Waals surface area contributed by atoms with Crippen LogP contribution < -0.4 is 9.47 Å². The lowest BCUT2D eigenvalue weighted by molar-refractivity contribution is -0.135. The standard InChI is InChI=1S/C23H29N3O4/c1-5-7-18-9-6-8-16(2)26(18)23(27)13-12-21-24-25-22(30-21)15-17-14-19(28-3)10-11-20(17)29-4/h5-6,8,10-11,14,16,18H,1,7,9,12-13,15H2,2-4H3/t16-,18-/m1/s1. The molecule has 2 aromatic rings. The molecule has 7 heteroatoms. The maximum atomic E-state index is 12.9. The van der Waals surface area contributed by atoms with Gasteiger partial charge in [-0.05, 0) is 38.0 Å². The molecule has 0 saturated heterocycles. The first-order valence-corrected chi connectivity index (χ1v) is 10.2. The molecule has 1 aliphatic heterocycles. The second-order valence-corrected chi connectivity index (χ2v) is 7.33. The number of methoxy groups -OCH3 is 2. The van der Waals surface area contributed by atoms with Gasteiger partial charge in [0, 0.05) is 30.5 Å². The third kappa shape index (κ3) is 5.09. The van der Waals surface area contributed by atoms with Crippen molar-refractivity contribution in [1.29, 1.82) is 0 Å². The van der Waals surface area contributed by atoms with E-state index in [4.69, 9.17) is 13.9 Å². The summed E-state index contributed by atoms with van der Waals surface area (Å²) in [5.41, 5.74) is 0.893. The molecule has 0 fully saturated rings. The summed E-state index contributed by atoms with van der Waals surface area (Å²) in [7, 11) is 3.23. The maximum absolute atomic E-state index is 12.9. The fraction of sp³-hybridized carbons (Fsp3) is 0.435. The van der Waals surface area contributed by atoms with Gasteiger partial charge in [0.1, 0.15) is 11.5 Å². The molecule has 0 bridgehead atoms. The molecule has 3 rings (SSSR count). The first-order valence-electron chi connectivity index (χ1n) is 10.2. The normalized spacial score (nSPS) is 18.3. The van der Waals surface area contributed by atoms with Crippen LogP contribution in [-0.4, -0.2) is 47.3 Å². The minimum absolute atomic E-state index is 0.0787. The number of aromatic nitrogens is 2. The van der Waals surface area contributed by atoms with Crippen LogP contribution in [0.3, 0.4) is 0 Å². The van der Waals surface area contributed by atoms with Gasteiger partial charge in [-0.2, -0.15) is 0 Å². The van der Waals surface area contributed by atoms with Gasteiger partial charge in [-0.25, -0.2) is 0 Å². The average molecular weight is 412 g/mol. The van der Waals surface area contributed by atoms with Crippen LogP contribution in [0.25, 0.3) is 0 Å². The molecule has 1 aromatic carbocycles. The van der Waals surface area contributed by atoms with Gasteiger partial charge < -0.3 is 18.8 Å². The first kappa shape index (κ1) is 21.6. The minimum atomic E-state index is 0.0787. The van der Waals surface area contributed by atoms with Crippen LogP contribution >= 0.6 is 0 Å². The Morgan fingerprint density at radius 2 is 2.10 bits per heavy atom. The molecule has 0 saturated carbocycles. The maximum Gasteiger partial charge on any atom is 0.223 e. The highest BCUT2D eigenvalue weighted by Gasteiger charge is 2.28. The van der Waals surface area contributed by atoms with Crippen LogP contribution in [0.2, 0.25) is 0 Å². The topological polar surface area (TPSA) is 77.7 Å². The molecule has 30 heavy (non-hydrogen) atoms. The van der Waals surface area contributed by atoms with Crippen molar-refractivity contribution in [2.45, 2.75) is 51.1 Å². The molecule has 2 heterocycles. The van der Waals surface area contributed by atoms with Gasteiger partial charge in [0.05, 0.1) is 20.6 Å². The molecule has 0 aliphatic carbocycles. The monoisotopic (exact) mass is 411 g/mol. The van der Waals surface area contributed by atoms with Crippen LogP contribution in [0.5, 0.6) is 11.5 Å². The van der Waals surface area contributed by atoms with E-state index in [2.05, 4.69) is 28.9 Å². The summed E-state index contributed by atoms with van der Waals surface area (Å²) in [6.45, 7) is 5.85. The van der Waals surface area contributed by atoms with Crippen molar-refractivity contribution in [2.24, 2.45) is 0 Å². The average Bonchev–Trinajstić information content (AvgIpc) is 3.19. The Kier molecular flexibility index (Phi) is 7.27. The molecule has 0 radical (unpaired) electrons. The highest BCUT2D eigenvalue weighted by atomic mass is 16.5. The van der Waals surface area contributed by atoms with E-state index in [1.165, 1.54) is 0 Å². The Morgan fingerprint density at radius 1 is 1.30 bits per heavy atom. The zero-order chi connectivity index (χ0) is 21.5. The smallest absolute Gasteiger partial charge is 0.223 e. The van der Waals surface area contributed by atoms with Gasteiger partial charge in [-0.3, -0.25) is 4.79 Å². The molecule has 0 unspecified atom stereocenters. The zero-order valence-electron chi connectivity index (χ0n) is 17.8. The van der Waals surface area contributed by atoms with Gasteiger partial charge in [-0.15, -0.1) is 16.8 Å². The number of hydrogen-bond acceptors (Lipinski definition) is 6. The van der Waals surface area contributed by atoms with Crippen molar-refractivity contribution >= 4 is 5.91 Å². The minimum Gasteiger partial charge on any atom is -0.497 e. The summed E-state index contributed by atoms with van der Waals surface area (Å²) in [5, 5.41) is 8.24. The van der Waals surface area contributed by atoms with Crippen molar-refractivity contribution in [3.05, 3.63) is 60.4 Å². The lowest BCUT2D eigenvalue weighted by Crippen LogP contribution is -2.46. The highest BCUT2D eigenvalue weighted by Crippen LogP contribution is 2.26. The van der Waals surface area contributed by atoms with E-state index in [-0.39, 0.29) is 18.0 Å². The highest BCUT2D eigenvalue weighted by molar-refractivity contribution is 5.77. The van der Waals surface area contributed by atoms with Gasteiger partial charge in [0.2, 0.25) is 17.7 Å². The molecule has 1 amide bonds. The van der Waals surface area contributed by atoms with Crippen LogP contribution in [0, 0.1) is 0 Å². The molecule has 7 nitrogen and oxygen atoms in total. The molecule has 0 N–H and O–H groups in total. The van der Waals surface area contributed by atoms with Gasteiger partial charge in [0.15, 0.2) is 0 Å². The largest absolute Gasteiger partial charge is 0.497 e. The summed E-state index contributed by atoms with van der Waals surface area (Å²) >= 11 is 0. The van der Waals surface area contributed by atoms with E-state index in [1.807, 2.05) is 36.1 Å². The van der Waals surface area contributed by atoms with Crippen LogP contribution in [0.1, 0.15) is 43.5 Å². The third-order valence-electron chi connectivity index (χ3n) is 5.27. The van der Waals surface area contributed by atoms with Gasteiger partial charge in [-0.1, -0.05) is 18.2 Å². The van der Waals surface area contributed by atoms with Gasteiger partial charge in [0.25, 0.3) is 0 Å². The second kappa shape index (κ2) is 10.1. The quantitative estimate of drug-likeness (QED) is 0.585. The van der Waals surface area contributed by atoms with Crippen molar-refractivity contribution in [1.82, 2.24) is 15.1 Å². The number of hydrogen-bond donors (Lipinski definition) is 0. The summed E-state index contributed by atoms with van der Waals surface area (Å²) in [5.74, 6) is 2.48. The third-order valence-corrected chi connectivity index (χ3v) is 5.27. The summed E-state index contributed by atoms with van der Waals surface area (Å²) < 4.78 is 16.5. The second-order valence-electron chi connectivity index (χ2n) is 7.33. The van der Waals surface area contributed by atoms with Crippen molar-refractivity contribution in [2.75, 3.05) is 14.2 Å². The molecule has 1 aromatic heterocycles. The molecule has 2 atom stereocenters. The van der Waals surface area contributed by atoms with Gasteiger partial charge >= 0.3 is 0 Å². The molecular weight excluding hydrogens is 382 g/mol. The molecule has 1 aliphatic rings. The zero-order valence-corrected chi connectivity index (χ0v) is 17.8. The Morgan fingerprint density at radius 3 is 2.83 bits per heavy atom. The number of carbonyl (C=O) groups excluding carboxylic acids is 1. The van der Waals surface area contributed by atoms with E-state index >= 15 is 0 Å². The summed E-state index contributed by atoms with van der Waals surface area (Å²) in [6.07, 6.45) is 8.89. The first-order chi connectivity index (χ1) is 14.5. The van der Waals surface area contributed by atoms with Crippen LogP contribution in [0.15, 0.2) is 47.4 Å². The summed E-state index contributed by atoms with van der Waals surface area (Å²) in [4.78, 5) is 14.8. The fourth-order valence-corrected chi connectivity index (χ4v) is 3.79. The molecule has 0 spiro atoms. The molecular formula is C23H29N3O4. The lowest BCUT2D eigenvalue weighted by Gasteiger charge is -2.37. The number of nitrogens with zero attached hydrogens (tertiary/aromatic N) is 3. The van der Waals surface area contributed by atoms with E-state index in [1.54, 1.807) is 14.2 Å². The Balaban J connectivity index is 1.63. The van der Waals surface area contributed by atoms with E-state index in [0.717, 1.165) is 29.9 Å². The predicted octanol–water partition coefficient (Wildman–Crippen LogP) is 3.73. The van der Waals surface area contributed by atoms with Crippen molar-refractivity contribution in [3.63, 3.8) is 0 Å². The Labute approximate surface area is 177 Å². The SMILES string of the molecule is C=CC[C@@H]1CC=C[C@@H](C)N1C(=O)CCc1nnc(Cc2cc(OC)ccc2OC)o1. The van der Waals surface area contributed by atoms with Crippen LogP contribution in [0.4, 0.5) is 0 Å². The number of rotatable bonds is 9. The van der Waals surface area contributed by atoms with Crippen LogP contribution in [-0.2, 0) is 17.6 Å². The van der Waals surface area contributed by atoms with E-state index < -0.39 is 0 Å². The fourth-order valence-electron chi connectivity index (χ4n) is 3.79. The lowest BCUT2D eigenvalue weighted by atomic mass is 9.99. The van der Waals surface area contributed by atoms with Crippen molar-refractivity contribution in [3.8, 4) is 11.5 Å². The predicted molar refractivity (Wildman–Crippen MR) is 114 cm³/mol. The summed E-state index contributed by atoms with van der Waals surface area (Å²) in [6, 6.07) is 5.81. The Bertz CT molecular complexity index is 906. The Hall–Kier alpha value is -3.09. The number of ether oxygens (including phenoxy) is 2. The van der Waals surface area contributed by atoms with E-state index in [9.17, 15) is 4.79 Å². The number of aryl methyl sites for hydroxylation is 1.